The fraction of sp³-hybridized carbons (Fsp3) is 0.200. The van der Waals surface area contributed by atoms with Crippen LogP contribution in [0.1, 0.15) is 23.7 Å². The highest BCUT2D eigenvalue weighted by molar-refractivity contribution is 7.92. The fourth-order valence-electron chi connectivity index (χ4n) is 3.66. The summed E-state index contributed by atoms with van der Waals surface area (Å²) in [5.41, 5.74) is 0.951. The number of hydrogen-bond acceptors (Lipinski definition) is 7. The Labute approximate surface area is 196 Å². The first-order valence-corrected chi connectivity index (χ1v) is 12.0. The third-order valence-corrected chi connectivity index (χ3v) is 7.60. The van der Waals surface area contributed by atoms with Gasteiger partial charge < -0.3 is 19.2 Å². The summed E-state index contributed by atoms with van der Waals surface area (Å²) in [5, 5.41) is 2.23. The van der Waals surface area contributed by atoms with Crippen molar-refractivity contribution in [3.8, 4) is 11.5 Å². The lowest BCUT2D eigenvalue weighted by molar-refractivity contribution is 0.102. The molecule has 4 rings (SSSR count). The number of allylic oxidation sites excluding steroid dienone is 3. The molecule has 0 saturated carbocycles. The monoisotopic (exact) mass is 481 g/mol. The van der Waals surface area contributed by atoms with E-state index in [1.54, 1.807) is 30.4 Å². The van der Waals surface area contributed by atoms with E-state index in [1.165, 1.54) is 38.5 Å². The van der Waals surface area contributed by atoms with E-state index in [0.29, 0.717) is 22.6 Å². The van der Waals surface area contributed by atoms with Crippen LogP contribution >= 0.6 is 0 Å². The third kappa shape index (κ3) is 4.47. The molecule has 9 heteroatoms. The maximum Gasteiger partial charge on any atom is 0.355 e. The molecule has 1 aliphatic carbocycles. The van der Waals surface area contributed by atoms with Crippen molar-refractivity contribution in [3.05, 3.63) is 82.2 Å². The summed E-state index contributed by atoms with van der Waals surface area (Å²) in [6.45, 7) is 1.87. The molecule has 1 N–H and O–H groups in total. The Morgan fingerprint density at radius 1 is 1.06 bits per heavy atom. The molecule has 0 fully saturated rings. The van der Waals surface area contributed by atoms with Crippen molar-refractivity contribution in [3.63, 3.8) is 0 Å². The van der Waals surface area contributed by atoms with Crippen LogP contribution in [0.5, 0.6) is 11.5 Å². The summed E-state index contributed by atoms with van der Waals surface area (Å²) >= 11 is 0. The molecule has 2 aromatic carbocycles. The number of benzene rings is 2. The molecule has 3 aromatic rings. The predicted octanol–water partition coefficient (Wildman–Crippen LogP) is 4.11. The molecule has 0 saturated heterocycles. The number of rotatable bonds is 6. The molecule has 0 aliphatic heterocycles. The van der Waals surface area contributed by atoms with E-state index in [9.17, 15) is 18.0 Å². The van der Waals surface area contributed by atoms with E-state index in [-0.39, 0.29) is 17.6 Å². The summed E-state index contributed by atoms with van der Waals surface area (Å²) in [6, 6.07) is 10.7. The number of sulfone groups is 1. The van der Waals surface area contributed by atoms with Gasteiger partial charge in [0, 0.05) is 22.7 Å². The Bertz CT molecular complexity index is 1500. The van der Waals surface area contributed by atoms with Gasteiger partial charge in [-0.2, -0.15) is 0 Å². The number of methoxy groups -OCH3 is 2. The number of hydrogen-bond donors (Lipinski definition) is 1. The topological polar surface area (TPSA) is 112 Å². The molecule has 0 bridgehead atoms. The van der Waals surface area contributed by atoms with E-state index in [1.807, 2.05) is 13.0 Å². The summed E-state index contributed by atoms with van der Waals surface area (Å²) in [7, 11) is -0.961. The number of amides is 1. The number of fused-ring (bicyclic) bond motifs is 1. The number of nitrogens with one attached hydrogen (secondary N) is 1. The number of carbonyl (C=O) groups excluding carboxylic acids is 1. The standard InChI is InChI=1S/C25H23NO7S/c1-15-4-8-19(9-5-15)34(29,30)23-13-17-12-16(6-10-20(17)33-25(23)28)24(27)26-18-7-11-21(31-2)22(14-18)32-3/h4-8,10-14,19H,9H2,1-3H3,(H,26,27). The first-order valence-electron chi connectivity index (χ1n) is 10.4. The van der Waals surface area contributed by atoms with Crippen LogP contribution in [0, 0.1) is 0 Å². The van der Waals surface area contributed by atoms with Crippen LogP contribution in [-0.4, -0.2) is 33.8 Å². The quantitative estimate of drug-likeness (QED) is 0.527. The van der Waals surface area contributed by atoms with Crippen LogP contribution in [-0.2, 0) is 9.84 Å². The van der Waals surface area contributed by atoms with E-state index >= 15 is 0 Å². The van der Waals surface area contributed by atoms with E-state index in [4.69, 9.17) is 13.9 Å². The van der Waals surface area contributed by atoms with E-state index < -0.39 is 31.5 Å². The van der Waals surface area contributed by atoms with Gasteiger partial charge in [-0.05, 0) is 49.7 Å². The smallest absolute Gasteiger partial charge is 0.355 e. The molecule has 0 spiro atoms. The highest BCUT2D eigenvalue weighted by Crippen LogP contribution is 2.30. The molecule has 176 valence electrons. The second-order valence-corrected chi connectivity index (χ2v) is 9.94. The van der Waals surface area contributed by atoms with Crippen molar-refractivity contribution >= 4 is 32.4 Å². The normalized spacial score (nSPS) is 15.6. The SMILES string of the molecule is COc1ccc(NC(=O)c2ccc3oc(=O)c(S(=O)(=O)C4C=CC(C)=CC4)cc3c2)cc1OC. The average Bonchev–Trinajstić information content (AvgIpc) is 2.83. The lowest BCUT2D eigenvalue weighted by Crippen LogP contribution is -2.25. The van der Waals surface area contributed by atoms with Gasteiger partial charge in [0.25, 0.3) is 5.91 Å². The van der Waals surface area contributed by atoms with Crippen molar-refractivity contribution in [1.82, 2.24) is 0 Å². The molecule has 1 aliphatic rings. The minimum absolute atomic E-state index is 0.182. The first kappa shape index (κ1) is 23.3. The largest absolute Gasteiger partial charge is 0.493 e. The average molecular weight is 482 g/mol. The van der Waals surface area contributed by atoms with Crippen molar-refractivity contribution in [1.29, 1.82) is 0 Å². The van der Waals surface area contributed by atoms with Crippen LogP contribution in [0.3, 0.4) is 0 Å². The molecular formula is C25H23NO7S. The molecule has 0 radical (unpaired) electrons. The van der Waals surface area contributed by atoms with Gasteiger partial charge in [-0.1, -0.05) is 23.8 Å². The van der Waals surface area contributed by atoms with Gasteiger partial charge in [-0.25, -0.2) is 13.2 Å². The number of carbonyl (C=O) groups is 1. The minimum Gasteiger partial charge on any atom is -0.493 e. The molecule has 1 aromatic heterocycles. The van der Waals surface area contributed by atoms with Crippen LogP contribution in [0.4, 0.5) is 5.69 Å². The lowest BCUT2D eigenvalue weighted by Gasteiger charge is -2.15. The highest BCUT2D eigenvalue weighted by Gasteiger charge is 2.29. The zero-order chi connectivity index (χ0) is 24.5. The number of ether oxygens (including phenoxy) is 2. The van der Waals surface area contributed by atoms with Crippen LogP contribution < -0.4 is 20.4 Å². The van der Waals surface area contributed by atoms with Gasteiger partial charge >= 0.3 is 5.63 Å². The van der Waals surface area contributed by atoms with Crippen LogP contribution in [0.2, 0.25) is 0 Å². The summed E-state index contributed by atoms with van der Waals surface area (Å²) in [6.07, 6.45) is 5.36. The maximum atomic E-state index is 13.1. The van der Waals surface area contributed by atoms with E-state index in [0.717, 1.165) is 5.57 Å². The van der Waals surface area contributed by atoms with Gasteiger partial charge in [0.1, 0.15) is 5.58 Å². The zero-order valence-corrected chi connectivity index (χ0v) is 19.6. The molecular weight excluding hydrogens is 458 g/mol. The second-order valence-electron chi connectivity index (χ2n) is 7.80. The summed E-state index contributed by atoms with van der Waals surface area (Å²) < 4.78 is 41.9. The van der Waals surface area contributed by atoms with Crippen molar-refractivity contribution in [2.45, 2.75) is 23.5 Å². The van der Waals surface area contributed by atoms with Crippen LogP contribution in [0.15, 0.2) is 80.4 Å². The Morgan fingerprint density at radius 2 is 1.82 bits per heavy atom. The molecule has 1 amide bonds. The minimum atomic E-state index is -3.97. The number of anilines is 1. The second kappa shape index (κ2) is 9.18. The van der Waals surface area contributed by atoms with Gasteiger partial charge in [-0.15, -0.1) is 0 Å². The Hall–Kier alpha value is -3.85. The summed E-state index contributed by atoms with van der Waals surface area (Å²) in [5.74, 6) is 0.547. The van der Waals surface area contributed by atoms with Crippen LogP contribution in [0.25, 0.3) is 11.0 Å². The predicted molar refractivity (Wildman–Crippen MR) is 128 cm³/mol. The van der Waals surface area contributed by atoms with Crippen molar-refractivity contribution in [2.75, 3.05) is 19.5 Å². The molecule has 8 nitrogen and oxygen atoms in total. The molecule has 34 heavy (non-hydrogen) atoms. The molecule has 1 unspecified atom stereocenters. The van der Waals surface area contributed by atoms with Gasteiger partial charge in [0.05, 0.1) is 19.5 Å². The van der Waals surface area contributed by atoms with Gasteiger partial charge in [-0.3, -0.25) is 4.79 Å². The molecule has 1 atom stereocenters. The van der Waals surface area contributed by atoms with Crippen molar-refractivity contribution < 1.29 is 27.1 Å². The first-order chi connectivity index (χ1) is 16.2. The lowest BCUT2D eigenvalue weighted by atomic mass is 10.1. The fourth-order valence-corrected chi connectivity index (χ4v) is 5.19. The maximum absolute atomic E-state index is 13.1. The molecule has 1 heterocycles. The van der Waals surface area contributed by atoms with Crippen molar-refractivity contribution in [2.24, 2.45) is 0 Å². The Kier molecular flexibility index (Phi) is 6.30. The van der Waals surface area contributed by atoms with E-state index in [2.05, 4.69) is 5.32 Å². The van der Waals surface area contributed by atoms with Gasteiger partial charge in [0.2, 0.25) is 0 Å². The highest BCUT2D eigenvalue weighted by atomic mass is 32.2. The Balaban J connectivity index is 1.66. The third-order valence-electron chi connectivity index (χ3n) is 5.55. The summed E-state index contributed by atoms with van der Waals surface area (Å²) in [4.78, 5) is 24.9. The Morgan fingerprint density at radius 3 is 2.50 bits per heavy atom. The zero-order valence-electron chi connectivity index (χ0n) is 18.8. The van der Waals surface area contributed by atoms with Gasteiger partial charge in [0.15, 0.2) is 26.2 Å².